The minimum absolute atomic E-state index is 0.120. The largest absolute Gasteiger partial charge is 0.396 e. The van der Waals surface area contributed by atoms with Crippen molar-refractivity contribution in [1.82, 2.24) is 14.7 Å². The molecule has 0 aliphatic carbocycles. The zero-order valence-corrected chi connectivity index (χ0v) is 15.2. The second-order valence-corrected chi connectivity index (χ2v) is 7.25. The smallest absolute Gasteiger partial charge is 0.137 e. The predicted octanol–water partition coefficient (Wildman–Crippen LogP) is 3.10. The molecule has 2 N–H and O–H groups in total. The number of nitriles is 1. The molecule has 0 aliphatic heterocycles. The minimum atomic E-state index is -0.234. The van der Waals surface area contributed by atoms with Crippen molar-refractivity contribution >= 4 is 5.65 Å². The number of hydrogen-bond donors (Lipinski definition) is 2. The predicted molar refractivity (Wildman–Crippen MR) is 102 cm³/mol. The number of rotatable bonds is 7. The molecule has 0 radical (unpaired) electrons. The lowest BCUT2D eigenvalue weighted by Crippen LogP contribution is -2.34. The fourth-order valence-electron chi connectivity index (χ4n) is 3.21. The van der Waals surface area contributed by atoms with Gasteiger partial charge in [0.2, 0.25) is 0 Å². The van der Waals surface area contributed by atoms with E-state index in [2.05, 4.69) is 42.4 Å². The number of aliphatic hydroxyl groups is 1. The Kier molecular flexibility index (Phi) is 5.36. The summed E-state index contributed by atoms with van der Waals surface area (Å²) in [6.07, 6.45) is 3.64. The van der Waals surface area contributed by atoms with Crippen molar-refractivity contribution in [3.63, 3.8) is 0 Å². The van der Waals surface area contributed by atoms with Gasteiger partial charge in [-0.2, -0.15) is 5.26 Å². The normalized spacial score (nSPS) is 12.8. The lowest BCUT2D eigenvalue weighted by Gasteiger charge is -2.33. The summed E-state index contributed by atoms with van der Waals surface area (Å²) in [5.74, 6) is 0.183. The van der Waals surface area contributed by atoms with Crippen molar-refractivity contribution < 1.29 is 5.11 Å². The number of imidazole rings is 1. The van der Waals surface area contributed by atoms with Crippen molar-refractivity contribution in [3.8, 4) is 6.07 Å². The maximum atomic E-state index is 9.84. The second-order valence-electron chi connectivity index (χ2n) is 7.25. The quantitative estimate of drug-likeness (QED) is 0.688. The monoisotopic (exact) mass is 348 g/mol. The van der Waals surface area contributed by atoms with Gasteiger partial charge in [-0.3, -0.25) is 0 Å². The van der Waals surface area contributed by atoms with Crippen LogP contribution in [-0.4, -0.2) is 27.6 Å². The van der Waals surface area contributed by atoms with Gasteiger partial charge >= 0.3 is 0 Å². The van der Waals surface area contributed by atoms with E-state index in [0.29, 0.717) is 12.1 Å². The summed E-state index contributed by atoms with van der Waals surface area (Å²) in [5, 5.41) is 22.4. The van der Waals surface area contributed by atoms with E-state index < -0.39 is 0 Å². The van der Waals surface area contributed by atoms with Crippen LogP contribution in [-0.2, 0) is 6.54 Å². The Morgan fingerprint density at radius 2 is 2.00 bits per heavy atom. The zero-order valence-electron chi connectivity index (χ0n) is 15.2. The van der Waals surface area contributed by atoms with Gasteiger partial charge in [0.05, 0.1) is 17.5 Å². The Morgan fingerprint density at radius 3 is 2.69 bits per heavy atom. The van der Waals surface area contributed by atoms with Gasteiger partial charge in [0.1, 0.15) is 11.7 Å². The number of nitrogens with zero attached hydrogens (tertiary/aromatic N) is 3. The first-order valence-electron chi connectivity index (χ1n) is 8.78. The highest BCUT2D eigenvalue weighted by Crippen LogP contribution is 2.34. The van der Waals surface area contributed by atoms with E-state index in [1.807, 2.05) is 41.1 Å². The number of hydrogen-bond acceptors (Lipinski definition) is 4. The van der Waals surface area contributed by atoms with Crippen molar-refractivity contribution in [2.75, 3.05) is 13.2 Å². The van der Waals surface area contributed by atoms with E-state index in [4.69, 9.17) is 5.26 Å². The van der Waals surface area contributed by atoms with Crippen LogP contribution in [0.2, 0.25) is 0 Å². The molecule has 3 rings (SSSR count). The van der Waals surface area contributed by atoms with Crippen molar-refractivity contribution in [2.45, 2.75) is 26.3 Å². The molecule has 1 atom stereocenters. The Bertz CT molecular complexity index is 909. The van der Waals surface area contributed by atoms with Crippen LogP contribution in [0.4, 0.5) is 0 Å². The molecule has 1 unspecified atom stereocenters. The molecule has 0 saturated carbocycles. The fraction of sp³-hybridized carbons (Fsp3) is 0.333. The van der Waals surface area contributed by atoms with Gasteiger partial charge in [0.15, 0.2) is 0 Å². The molecule has 0 amide bonds. The number of aromatic nitrogens is 2. The van der Waals surface area contributed by atoms with E-state index in [0.717, 1.165) is 17.9 Å². The Hall–Kier alpha value is -2.68. The molecule has 0 saturated heterocycles. The number of benzene rings is 1. The first kappa shape index (κ1) is 18.1. The van der Waals surface area contributed by atoms with E-state index in [1.54, 1.807) is 6.07 Å². The third-order valence-corrected chi connectivity index (χ3v) is 4.92. The molecule has 0 aliphatic rings. The van der Waals surface area contributed by atoms with E-state index in [9.17, 15) is 5.11 Å². The molecular weight excluding hydrogens is 324 g/mol. The highest BCUT2D eigenvalue weighted by molar-refractivity contribution is 5.44. The molecule has 2 aromatic heterocycles. The molecule has 5 heteroatoms. The average molecular weight is 348 g/mol. The SMILES string of the molecule is CC(C)(CO)C(CNCc1cnc2ccc(C#N)cn12)c1ccccc1. The lowest BCUT2D eigenvalue weighted by molar-refractivity contribution is 0.129. The van der Waals surface area contributed by atoms with E-state index in [1.165, 1.54) is 5.56 Å². The number of nitrogens with one attached hydrogen (secondary N) is 1. The third kappa shape index (κ3) is 3.77. The summed E-state index contributed by atoms with van der Waals surface area (Å²) in [5.41, 5.74) is 3.42. The molecular formula is C21H24N4O. The van der Waals surface area contributed by atoms with Gasteiger partial charge in [0, 0.05) is 31.8 Å². The van der Waals surface area contributed by atoms with Crippen molar-refractivity contribution in [1.29, 1.82) is 5.26 Å². The standard InChI is InChI=1S/C21H24N4O/c1-21(2,15-26)19(17-6-4-3-5-7-17)13-23-11-18-12-24-20-9-8-16(10-22)14-25(18)20/h3-9,12,14,19,23,26H,11,13,15H2,1-2H3. The molecule has 134 valence electrons. The van der Waals surface area contributed by atoms with Gasteiger partial charge in [-0.1, -0.05) is 44.2 Å². The van der Waals surface area contributed by atoms with Crippen LogP contribution in [0.1, 0.15) is 36.6 Å². The summed E-state index contributed by atoms with van der Waals surface area (Å²) >= 11 is 0. The van der Waals surface area contributed by atoms with Gasteiger partial charge in [-0.15, -0.1) is 0 Å². The van der Waals surface area contributed by atoms with Crippen molar-refractivity contribution in [3.05, 3.63) is 71.7 Å². The summed E-state index contributed by atoms with van der Waals surface area (Å²) in [7, 11) is 0. The van der Waals surface area contributed by atoms with Crippen LogP contribution in [0.5, 0.6) is 0 Å². The third-order valence-electron chi connectivity index (χ3n) is 4.92. The van der Waals surface area contributed by atoms with E-state index >= 15 is 0 Å². The zero-order chi connectivity index (χ0) is 18.6. The number of aliphatic hydroxyl groups excluding tert-OH is 1. The van der Waals surface area contributed by atoms with Gasteiger partial charge < -0.3 is 14.8 Å². The molecule has 0 spiro atoms. The summed E-state index contributed by atoms with van der Waals surface area (Å²) in [6.45, 7) is 5.67. The van der Waals surface area contributed by atoms with Crippen LogP contribution >= 0.6 is 0 Å². The molecule has 5 nitrogen and oxygen atoms in total. The molecule has 0 bridgehead atoms. The summed E-state index contributed by atoms with van der Waals surface area (Å²) < 4.78 is 1.94. The van der Waals surface area contributed by atoms with Gasteiger partial charge in [-0.05, 0) is 23.1 Å². The summed E-state index contributed by atoms with van der Waals surface area (Å²) in [4.78, 5) is 4.39. The minimum Gasteiger partial charge on any atom is -0.396 e. The number of pyridine rings is 1. The Morgan fingerprint density at radius 1 is 1.23 bits per heavy atom. The Labute approximate surface area is 153 Å². The second kappa shape index (κ2) is 7.69. The first-order valence-corrected chi connectivity index (χ1v) is 8.78. The highest BCUT2D eigenvalue weighted by Gasteiger charge is 2.29. The van der Waals surface area contributed by atoms with E-state index in [-0.39, 0.29) is 17.9 Å². The summed E-state index contributed by atoms with van der Waals surface area (Å²) in [6, 6.07) is 16.1. The molecule has 26 heavy (non-hydrogen) atoms. The van der Waals surface area contributed by atoms with Crippen LogP contribution in [0.25, 0.3) is 5.65 Å². The molecule has 3 aromatic rings. The van der Waals surface area contributed by atoms with Crippen LogP contribution in [0, 0.1) is 16.7 Å². The van der Waals surface area contributed by atoms with Crippen molar-refractivity contribution in [2.24, 2.45) is 5.41 Å². The maximum Gasteiger partial charge on any atom is 0.137 e. The van der Waals surface area contributed by atoms with Crippen LogP contribution < -0.4 is 5.32 Å². The fourth-order valence-corrected chi connectivity index (χ4v) is 3.21. The Balaban J connectivity index is 1.75. The highest BCUT2D eigenvalue weighted by atomic mass is 16.3. The maximum absolute atomic E-state index is 9.84. The first-order chi connectivity index (χ1) is 12.5. The van der Waals surface area contributed by atoms with Gasteiger partial charge in [0.25, 0.3) is 0 Å². The molecule has 1 aromatic carbocycles. The molecule has 2 heterocycles. The van der Waals surface area contributed by atoms with Crippen LogP contribution in [0.3, 0.4) is 0 Å². The molecule has 0 fully saturated rings. The van der Waals surface area contributed by atoms with Crippen LogP contribution in [0.15, 0.2) is 54.9 Å². The average Bonchev–Trinajstić information content (AvgIpc) is 3.07. The van der Waals surface area contributed by atoms with Gasteiger partial charge in [-0.25, -0.2) is 4.98 Å². The lowest BCUT2D eigenvalue weighted by atomic mass is 9.75. The number of fused-ring (bicyclic) bond motifs is 1. The topological polar surface area (TPSA) is 73.3 Å².